The van der Waals surface area contributed by atoms with E-state index < -0.39 is 0 Å². The van der Waals surface area contributed by atoms with Crippen molar-refractivity contribution in [1.82, 2.24) is 19.4 Å². The van der Waals surface area contributed by atoms with E-state index in [1.807, 2.05) is 12.1 Å². The summed E-state index contributed by atoms with van der Waals surface area (Å²) >= 11 is 0. The fourth-order valence-electron chi connectivity index (χ4n) is 4.60. The van der Waals surface area contributed by atoms with E-state index in [4.69, 9.17) is 0 Å². The lowest BCUT2D eigenvalue weighted by molar-refractivity contribution is -0.133. The van der Waals surface area contributed by atoms with Crippen molar-refractivity contribution in [2.24, 2.45) is 12.5 Å². The largest absolute Gasteiger partial charge is 0.353 e. The molecule has 5 heteroatoms. The Labute approximate surface area is 155 Å². The average molecular weight is 352 g/mol. The number of piperidine rings is 1. The zero-order valence-electron chi connectivity index (χ0n) is 15.6. The summed E-state index contributed by atoms with van der Waals surface area (Å²) in [6.45, 7) is 5.06. The number of aromatic nitrogens is 2. The third-order valence-electron chi connectivity index (χ3n) is 6.05. The minimum absolute atomic E-state index is 0.248. The molecular formula is C21H28N4O. The molecule has 0 unspecified atom stereocenters. The van der Waals surface area contributed by atoms with Gasteiger partial charge in [0.15, 0.2) is 0 Å². The minimum Gasteiger partial charge on any atom is -0.353 e. The summed E-state index contributed by atoms with van der Waals surface area (Å²) in [4.78, 5) is 21.6. The first-order chi connectivity index (χ1) is 12.6. The molecule has 0 saturated carbocycles. The quantitative estimate of drug-likeness (QED) is 0.849. The van der Waals surface area contributed by atoms with Gasteiger partial charge in [-0.2, -0.15) is 0 Å². The van der Waals surface area contributed by atoms with Crippen molar-refractivity contribution >= 4 is 5.91 Å². The normalized spacial score (nSPS) is 23.7. The second-order valence-electron chi connectivity index (χ2n) is 8.03. The fourth-order valence-corrected chi connectivity index (χ4v) is 4.60. The Balaban J connectivity index is 1.37. The Morgan fingerprint density at radius 3 is 2.88 bits per heavy atom. The van der Waals surface area contributed by atoms with E-state index in [1.165, 1.54) is 18.5 Å². The highest BCUT2D eigenvalue weighted by molar-refractivity contribution is 5.78. The Hall–Kier alpha value is -2.14. The molecule has 1 spiro atoms. The first-order valence-electron chi connectivity index (χ1n) is 9.63. The smallest absolute Gasteiger partial charge is 0.227 e. The molecule has 0 bridgehead atoms. The Bertz CT molecular complexity index is 756. The third kappa shape index (κ3) is 3.68. The lowest BCUT2D eigenvalue weighted by Gasteiger charge is -2.40. The van der Waals surface area contributed by atoms with Crippen molar-refractivity contribution in [2.45, 2.75) is 32.2 Å². The SMILES string of the molecule is Cn1cccc1CN1CC[C@@]2(CCCN(C(=O)Cc3cccnc3)C2)C1. The van der Waals surface area contributed by atoms with E-state index in [1.54, 1.807) is 12.4 Å². The van der Waals surface area contributed by atoms with Gasteiger partial charge < -0.3 is 9.47 Å². The van der Waals surface area contributed by atoms with Gasteiger partial charge in [-0.3, -0.25) is 14.7 Å². The van der Waals surface area contributed by atoms with Crippen LogP contribution in [-0.2, 0) is 24.8 Å². The molecule has 2 saturated heterocycles. The molecular weight excluding hydrogens is 324 g/mol. The molecule has 1 atom stereocenters. The lowest BCUT2D eigenvalue weighted by atomic mass is 9.79. The van der Waals surface area contributed by atoms with Crippen LogP contribution in [0.3, 0.4) is 0 Å². The van der Waals surface area contributed by atoms with Crippen LogP contribution in [0.5, 0.6) is 0 Å². The van der Waals surface area contributed by atoms with Gasteiger partial charge in [-0.1, -0.05) is 6.07 Å². The van der Waals surface area contributed by atoms with Gasteiger partial charge >= 0.3 is 0 Å². The van der Waals surface area contributed by atoms with Gasteiger partial charge in [-0.05, 0) is 49.6 Å². The predicted molar refractivity (Wildman–Crippen MR) is 101 cm³/mol. The lowest BCUT2D eigenvalue weighted by Crippen LogP contribution is -2.47. The second-order valence-corrected chi connectivity index (χ2v) is 8.03. The second kappa shape index (κ2) is 7.23. The Kier molecular flexibility index (Phi) is 4.81. The van der Waals surface area contributed by atoms with Crippen LogP contribution in [0.1, 0.15) is 30.5 Å². The maximum absolute atomic E-state index is 12.8. The number of carbonyl (C=O) groups is 1. The maximum Gasteiger partial charge on any atom is 0.227 e. The Morgan fingerprint density at radius 2 is 2.12 bits per heavy atom. The van der Waals surface area contributed by atoms with E-state index in [9.17, 15) is 4.79 Å². The summed E-state index contributed by atoms with van der Waals surface area (Å²) in [6, 6.07) is 8.21. The summed E-state index contributed by atoms with van der Waals surface area (Å²) in [5, 5.41) is 0. The Morgan fingerprint density at radius 1 is 1.19 bits per heavy atom. The number of pyridine rings is 1. The van der Waals surface area contributed by atoms with E-state index in [-0.39, 0.29) is 11.3 Å². The predicted octanol–water partition coefficient (Wildman–Crippen LogP) is 2.48. The average Bonchev–Trinajstić information content (AvgIpc) is 3.23. The van der Waals surface area contributed by atoms with Gasteiger partial charge in [0.2, 0.25) is 5.91 Å². The molecule has 0 aromatic carbocycles. The van der Waals surface area contributed by atoms with Crippen molar-refractivity contribution in [1.29, 1.82) is 0 Å². The summed E-state index contributed by atoms with van der Waals surface area (Å²) in [6.07, 6.45) is 9.70. The molecule has 4 heterocycles. The molecule has 4 rings (SSSR count). The van der Waals surface area contributed by atoms with Gasteiger partial charge in [0.25, 0.3) is 0 Å². The minimum atomic E-state index is 0.248. The number of likely N-dealkylation sites (tertiary alicyclic amines) is 2. The first-order valence-corrected chi connectivity index (χ1v) is 9.63. The van der Waals surface area contributed by atoms with Gasteiger partial charge in [0, 0.05) is 62.9 Å². The van der Waals surface area contributed by atoms with Crippen LogP contribution in [0.15, 0.2) is 42.9 Å². The van der Waals surface area contributed by atoms with Crippen molar-refractivity contribution in [3.63, 3.8) is 0 Å². The first kappa shape index (κ1) is 17.3. The van der Waals surface area contributed by atoms with Crippen LogP contribution in [-0.4, -0.2) is 51.4 Å². The molecule has 0 aliphatic carbocycles. The molecule has 2 fully saturated rings. The standard InChI is InChI=1S/C21H28N4O/c1-23-10-3-6-19(23)15-24-12-8-21(16-24)7-4-11-25(17-21)20(26)13-18-5-2-9-22-14-18/h2-3,5-6,9-10,14H,4,7-8,11-13,15-17H2,1H3/t21-/m0/s1. The molecule has 138 valence electrons. The number of hydrogen-bond donors (Lipinski definition) is 0. The molecule has 0 N–H and O–H groups in total. The molecule has 26 heavy (non-hydrogen) atoms. The number of carbonyl (C=O) groups excluding carboxylic acids is 1. The van der Waals surface area contributed by atoms with Crippen LogP contribution in [0.25, 0.3) is 0 Å². The van der Waals surface area contributed by atoms with Crippen LogP contribution >= 0.6 is 0 Å². The highest BCUT2D eigenvalue weighted by atomic mass is 16.2. The maximum atomic E-state index is 12.8. The summed E-state index contributed by atoms with van der Waals surface area (Å²) in [5.74, 6) is 0.248. The van der Waals surface area contributed by atoms with Crippen LogP contribution in [0, 0.1) is 5.41 Å². The van der Waals surface area contributed by atoms with Crippen LogP contribution < -0.4 is 0 Å². The number of rotatable bonds is 4. The molecule has 2 aromatic rings. The van der Waals surface area contributed by atoms with Crippen molar-refractivity contribution in [2.75, 3.05) is 26.2 Å². The molecule has 2 aliphatic rings. The number of nitrogens with zero attached hydrogens (tertiary/aromatic N) is 4. The number of amides is 1. The van der Waals surface area contributed by atoms with E-state index in [2.05, 4.69) is 44.7 Å². The summed E-state index contributed by atoms with van der Waals surface area (Å²) in [5.41, 5.74) is 2.66. The molecule has 5 nitrogen and oxygen atoms in total. The molecule has 0 radical (unpaired) electrons. The monoisotopic (exact) mass is 352 g/mol. The van der Waals surface area contributed by atoms with Gasteiger partial charge in [0.05, 0.1) is 6.42 Å². The van der Waals surface area contributed by atoms with Gasteiger partial charge in [-0.15, -0.1) is 0 Å². The highest BCUT2D eigenvalue weighted by Crippen LogP contribution is 2.39. The molecule has 2 aliphatic heterocycles. The summed E-state index contributed by atoms with van der Waals surface area (Å²) < 4.78 is 2.20. The van der Waals surface area contributed by atoms with Crippen molar-refractivity contribution < 1.29 is 4.79 Å². The van der Waals surface area contributed by atoms with E-state index in [0.717, 1.165) is 44.7 Å². The zero-order valence-corrected chi connectivity index (χ0v) is 15.6. The molecule has 1 amide bonds. The third-order valence-corrected chi connectivity index (χ3v) is 6.05. The number of aryl methyl sites for hydroxylation is 1. The van der Waals surface area contributed by atoms with E-state index in [0.29, 0.717) is 6.42 Å². The van der Waals surface area contributed by atoms with Crippen LogP contribution in [0.2, 0.25) is 0 Å². The number of hydrogen-bond acceptors (Lipinski definition) is 3. The highest BCUT2D eigenvalue weighted by Gasteiger charge is 2.42. The fraction of sp³-hybridized carbons (Fsp3) is 0.524. The molecule has 2 aromatic heterocycles. The van der Waals surface area contributed by atoms with Gasteiger partial charge in [-0.25, -0.2) is 0 Å². The van der Waals surface area contributed by atoms with Crippen molar-refractivity contribution in [3.05, 3.63) is 54.1 Å². The topological polar surface area (TPSA) is 41.4 Å². The van der Waals surface area contributed by atoms with E-state index >= 15 is 0 Å². The summed E-state index contributed by atoms with van der Waals surface area (Å²) in [7, 11) is 2.11. The van der Waals surface area contributed by atoms with Crippen molar-refractivity contribution in [3.8, 4) is 0 Å². The van der Waals surface area contributed by atoms with Gasteiger partial charge in [0.1, 0.15) is 0 Å². The zero-order chi connectivity index (χ0) is 18.0. The van der Waals surface area contributed by atoms with Crippen LogP contribution in [0.4, 0.5) is 0 Å².